The molecule has 3 rings (SSSR count). The number of rotatable bonds is 4. The summed E-state index contributed by atoms with van der Waals surface area (Å²) in [5, 5.41) is 2.77. The number of aryl methyl sites for hydroxylation is 1. The van der Waals surface area contributed by atoms with Gasteiger partial charge in [-0.1, -0.05) is 30.3 Å². The molecular formula is C18H14FNO2S. The monoisotopic (exact) mass is 327 g/mol. The van der Waals surface area contributed by atoms with E-state index < -0.39 is 6.67 Å². The lowest BCUT2D eigenvalue weighted by atomic mass is 10.0. The zero-order valence-electron chi connectivity index (χ0n) is 12.4. The van der Waals surface area contributed by atoms with Crippen molar-refractivity contribution in [3.05, 3.63) is 74.4 Å². The molecule has 0 amide bonds. The van der Waals surface area contributed by atoms with Crippen LogP contribution in [0.5, 0.6) is 0 Å². The van der Waals surface area contributed by atoms with E-state index >= 15 is 0 Å². The average molecular weight is 327 g/mol. The number of alkyl halides is 1. The minimum atomic E-state index is -0.516. The molecule has 0 spiro atoms. The average Bonchev–Trinajstić information content (AvgIpc) is 3.02. The van der Waals surface area contributed by atoms with E-state index in [1.807, 2.05) is 11.4 Å². The van der Waals surface area contributed by atoms with Crippen molar-refractivity contribution >= 4 is 33.4 Å². The molecule has 1 N–H and O–H groups in total. The number of ketones is 1. The third kappa shape index (κ3) is 3.00. The van der Waals surface area contributed by atoms with Crippen LogP contribution in [0, 0.1) is 6.92 Å². The van der Waals surface area contributed by atoms with Crippen LogP contribution in [-0.2, 0) is 6.67 Å². The van der Waals surface area contributed by atoms with Crippen LogP contribution in [0.2, 0.25) is 0 Å². The van der Waals surface area contributed by atoms with Gasteiger partial charge < -0.3 is 4.98 Å². The van der Waals surface area contributed by atoms with Gasteiger partial charge in [-0.3, -0.25) is 9.59 Å². The van der Waals surface area contributed by atoms with Crippen molar-refractivity contribution in [1.82, 2.24) is 4.98 Å². The fraction of sp³-hybridized carbons (Fsp3) is 0.111. The number of hydrogen-bond acceptors (Lipinski definition) is 3. The van der Waals surface area contributed by atoms with E-state index in [0.717, 1.165) is 15.8 Å². The van der Waals surface area contributed by atoms with Gasteiger partial charge in [-0.25, -0.2) is 4.39 Å². The standard InChI is InChI=1S/C18H14FNO2S/c1-11-14-8-9-23-18(14)20-17(22)16(11)15(21)7-6-12-2-4-13(10-19)5-3-12/h2-9H,10H2,1H3,(H,20,22)/b7-6+. The maximum absolute atomic E-state index is 12.5. The van der Waals surface area contributed by atoms with Gasteiger partial charge in [-0.15, -0.1) is 11.3 Å². The summed E-state index contributed by atoms with van der Waals surface area (Å²) in [6, 6.07) is 8.69. The molecule has 23 heavy (non-hydrogen) atoms. The zero-order valence-corrected chi connectivity index (χ0v) is 13.2. The first-order valence-corrected chi connectivity index (χ1v) is 7.95. The molecule has 0 aliphatic rings. The lowest BCUT2D eigenvalue weighted by Crippen LogP contribution is -2.18. The van der Waals surface area contributed by atoms with Crippen molar-refractivity contribution in [2.24, 2.45) is 0 Å². The molecule has 2 aromatic heterocycles. The first-order chi connectivity index (χ1) is 11.1. The highest BCUT2D eigenvalue weighted by Crippen LogP contribution is 2.22. The SMILES string of the molecule is Cc1c(C(=O)/C=C/c2ccc(CF)cc2)c(=O)[nH]c2sccc12. The van der Waals surface area contributed by atoms with E-state index in [-0.39, 0.29) is 16.9 Å². The van der Waals surface area contributed by atoms with Crippen LogP contribution >= 0.6 is 11.3 Å². The predicted octanol–water partition coefficient (Wildman–Crippen LogP) is 4.26. The number of aromatic nitrogens is 1. The van der Waals surface area contributed by atoms with E-state index in [2.05, 4.69) is 4.98 Å². The number of allylic oxidation sites excluding steroid dienone is 1. The molecule has 0 bridgehead atoms. The molecule has 1 aromatic carbocycles. The number of halogens is 1. The number of fused-ring (bicyclic) bond motifs is 1. The molecule has 0 atom stereocenters. The van der Waals surface area contributed by atoms with Gasteiger partial charge in [0.25, 0.3) is 5.56 Å². The van der Waals surface area contributed by atoms with Gasteiger partial charge in [-0.2, -0.15) is 0 Å². The summed E-state index contributed by atoms with van der Waals surface area (Å²) in [6.45, 7) is 1.26. The number of thiophene rings is 1. The Morgan fingerprint density at radius 3 is 2.70 bits per heavy atom. The van der Waals surface area contributed by atoms with Crippen molar-refractivity contribution in [2.45, 2.75) is 13.6 Å². The van der Waals surface area contributed by atoms with E-state index in [1.54, 1.807) is 37.3 Å². The van der Waals surface area contributed by atoms with E-state index in [9.17, 15) is 14.0 Å². The second-order valence-electron chi connectivity index (χ2n) is 5.19. The third-order valence-corrected chi connectivity index (χ3v) is 4.54. The second kappa shape index (κ2) is 6.30. The van der Waals surface area contributed by atoms with Crippen LogP contribution in [-0.4, -0.2) is 10.8 Å². The predicted molar refractivity (Wildman–Crippen MR) is 91.8 cm³/mol. The molecule has 3 nitrogen and oxygen atoms in total. The Labute approximate surface area is 136 Å². The van der Waals surface area contributed by atoms with Crippen LogP contribution in [0.3, 0.4) is 0 Å². The topological polar surface area (TPSA) is 49.9 Å². The highest BCUT2D eigenvalue weighted by molar-refractivity contribution is 7.16. The van der Waals surface area contributed by atoms with Crippen LogP contribution in [0.15, 0.2) is 46.6 Å². The lowest BCUT2D eigenvalue weighted by Gasteiger charge is -2.03. The quantitative estimate of drug-likeness (QED) is 0.575. The Balaban J connectivity index is 1.93. The molecule has 5 heteroatoms. The Kier molecular flexibility index (Phi) is 4.21. The molecule has 0 fully saturated rings. The Bertz CT molecular complexity index is 951. The molecule has 0 aliphatic carbocycles. The summed E-state index contributed by atoms with van der Waals surface area (Å²) < 4.78 is 12.5. The van der Waals surface area contributed by atoms with Crippen molar-refractivity contribution in [2.75, 3.05) is 0 Å². The van der Waals surface area contributed by atoms with E-state index in [4.69, 9.17) is 0 Å². The van der Waals surface area contributed by atoms with Crippen LogP contribution < -0.4 is 5.56 Å². The summed E-state index contributed by atoms with van der Waals surface area (Å²) >= 11 is 1.43. The minimum absolute atomic E-state index is 0.160. The number of carbonyl (C=O) groups is 1. The third-order valence-electron chi connectivity index (χ3n) is 3.71. The first-order valence-electron chi connectivity index (χ1n) is 7.07. The number of nitrogens with one attached hydrogen (secondary N) is 1. The van der Waals surface area contributed by atoms with Gasteiger partial charge in [0.1, 0.15) is 11.5 Å². The van der Waals surface area contributed by atoms with Gasteiger partial charge in [-0.05, 0) is 41.1 Å². The summed E-state index contributed by atoms with van der Waals surface area (Å²) in [7, 11) is 0. The van der Waals surface area contributed by atoms with Gasteiger partial charge in [0, 0.05) is 5.39 Å². The highest BCUT2D eigenvalue weighted by atomic mass is 32.1. The molecule has 0 saturated carbocycles. The smallest absolute Gasteiger partial charge is 0.260 e. The number of H-pyrrole nitrogens is 1. The summed E-state index contributed by atoms with van der Waals surface area (Å²) in [4.78, 5) is 28.0. The Morgan fingerprint density at radius 2 is 2.00 bits per heavy atom. The molecule has 116 valence electrons. The zero-order chi connectivity index (χ0) is 16.4. The number of aromatic amines is 1. The van der Waals surface area contributed by atoms with Gasteiger partial charge in [0.2, 0.25) is 0 Å². The van der Waals surface area contributed by atoms with Crippen LogP contribution in [0.4, 0.5) is 4.39 Å². The largest absolute Gasteiger partial charge is 0.313 e. The normalized spacial score (nSPS) is 11.4. The molecule has 2 heterocycles. The van der Waals surface area contributed by atoms with Crippen LogP contribution in [0.1, 0.15) is 27.0 Å². The molecule has 0 radical (unpaired) electrons. The molecular weight excluding hydrogens is 313 g/mol. The fourth-order valence-corrected chi connectivity index (χ4v) is 3.28. The number of pyridine rings is 1. The van der Waals surface area contributed by atoms with Crippen molar-refractivity contribution < 1.29 is 9.18 Å². The summed E-state index contributed by atoms with van der Waals surface area (Å²) in [5.74, 6) is -0.341. The first kappa shape index (κ1) is 15.4. The van der Waals surface area contributed by atoms with Crippen LogP contribution in [0.25, 0.3) is 16.3 Å². The lowest BCUT2D eigenvalue weighted by molar-refractivity contribution is 0.104. The van der Waals surface area contributed by atoms with Gasteiger partial charge in [0.05, 0.1) is 5.56 Å². The Hall–Kier alpha value is -2.53. The number of benzene rings is 1. The van der Waals surface area contributed by atoms with Gasteiger partial charge >= 0.3 is 0 Å². The van der Waals surface area contributed by atoms with E-state index in [1.165, 1.54) is 17.4 Å². The fourth-order valence-electron chi connectivity index (χ4n) is 2.44. The van der Waals surface area contributed by atoms with Crippen molar-refractivity contribution in [3.63, 3.8) is 0 Å². The molecule has 0 unspecified atom stereocenters. The minimum Gasteiger partial charge on any atom is -0.313 e. The van der Waals surface area contributed by atoms with E-state index in [0.29, 0.717) is 11.1 Å². The second-order valence-corrected chi connectivity index (χ2v) is 6.11. The number of carbonyl (C=O) groups excluding carboxylic acids is 1. The molecule has 3 aromatic rings. The molecule has 0 aliphatic heterocycles. The molecule has 0 saturated heterocycles. The maximum atomic E-state index is 12.5. The summed E-state index contributed by atoms with van der Waals surface area (Å²) in [5.41, 5.74) is 1.84. The maximum Gasteiger partial charge on any atom is 0.260 e. The Morgan fingerprint density at radius 1 is 1.26 bits per heavy atom. The van der Waals surface area contributed by atoms with Crippen molar-refractivity contribution in [1.29, 1.82) is 0 Å². The number of hydrogen-bond donors (Lipinski definition) is 1. The summed E-state index contributed by atoms with van der Waals surface area (Å²) in [6.07, 6.45) is 3.00. The van der Waals surface area contributed by atoms with Crippen molar-refractivity contribution in [3.8, 4) is 0 Å². The highest BCUT2D eigenvalue weighted by Gasteiger charge is 2.14. The van der Waals surface area contributed by atoms with Gasteiger partial charge in [0.15, 0.2) is 5.78 Å².